The first-order chi connectivity index (χ1) is 11.0. The zero-order valence-electron chi connectivity index (χ0n) is 12.6. The molecule has 1 fully saturated rings. The number of alkyl halides is 1. The van der Waals surface area contributed by atoms with Gasteiger partial charge in [0.1, 0.15) is 5.75 Å². The molecule has 1 atom stereocenters. The number of nitrogens with zero attached hydrogens (tertiary/aromatic N) is 4. The quantitative estimate of drug-likeness (QED) is 0.902. The van der Waals surface area contributed by atoms with Crippen LogP contribution in [-0.2, 0) is 0 Å². The van der Waals surface area contributed by atoms with Crippen LogP contribution in [0.2, 0.25) is 0 Å². The first-order valence-electron chi connectivity index (χ1n) is 7.20. The second-order valence-electron chi connectivity index (χ2n) is 5.53. The average Bonchev–Trinajstić information content (AvgIpc) is 3.22. The highest BCUT2D eigenvalue weighted by atomic mass is 19.1. The average molecular weight is 320 g/mol. The van der Waals surface area contributed by atoms with Crippen LogP contribution in [0.4, 0.5) is 4.39 Å². The van der Waals surface area contributed by atoms with Crippen LogP contribution in [0.5, 0.6) is 5.75 Å². The van der Waals surface area contributed by atoms with E-state index in [1.807, 2.05) is 0 Å². The van der Waals surface area contributed by atoms with Crippen molar-refractivity contribution in [3.05, 3.63) is 36.2 Å². The molecule has 23 heavy (non-hydrogen) atoms. The van der Waals surface area contributed by atoms with Crippen molar-refractivity contribution in [2.45, 2.75) is 12.1 Å². The van der Waals surface area contributed by atoms with Crippen molar-refractivity contribution in [2.24, 2.45) is 0 Å². The molecular weight excluding hydrogens is 303 g/mol. The molecule has 0 radical (unpaired) electrons. The zero-order chi connectivity index (χ0) is 16.4. The molecule has 1 aliphatic rings. The predicted molar refractivity (Wildman–Crippen MR) is 79.4 cm³/mol. The number of rotatable bonds is 4. The van der Waals surface area contributed by atoms with Gasteiger partial charge in [-0.25, -0.2) is 9.07 Å². The smallest absolute Gasteiger partial charge is 0.276 e. The van der Waals surface area contributed by atoms with Crippen LogP contribution >= 0.6 is 0 Å². The summed E-state index contributed by atoms with van der Waals surface area (Å²) in [7, 11) is 1.58. The molecule has 8 heteroatoms. The van der Waals surface area contributed by atoms with Gasteiger partial charge in [-0.3, -0.25) is 4.79 Å². The SMILES string of the molecule is COc1ccc(-n2cc(C(=O)N3CCC(F)(CO)C3)nn2)cc1. The molecule has 1 aromatic carbocycles. The van der Waals surface area contributed by atoms with E-state index in [2.05, 4.69) is 10.3 Å². The second-order valence-corrected chi connectivity index (χ2v) is 5.53. The van der Waals surface area contributed by atoms with Crippen LogP contribution in [0.15, 0.2) is 30.5 Å². The summed E-state index contributed by atoms with van der Waals surface area (Å²) in [5, 5.41) is 16.8. The fourth-order valence-corrected chi connectivity index (χ4v) is 2.52. The molecule has 1 saturated heterocycles. The number of aliphatic hydroxyl groups excluding tert-OH is 1. The van der Waals surface area contributed by atoms with Gasteiger partial charge in [-0.2, -0.15) is 0 Å². The van der Waals surface area contributed by atoms with Crippen molar-refractivity contribution in [2.75, 3.05) is 26.8 Å². The van der Waals surface area contributed by atoms with E-state index in [-0.39, 0.29) is 25.2 Å². The van der Waals surface area contributed by atoms with E-state index in [1.165, 1.54) is 15.8 Å². The topological polar surface area (TPSA) is 80.5 Å². The molecule has 7 nitrogen and oxygen atoms in total. The van der Waals surface area contributed by atoms with Gasteiger partial charge in [0.15, 0.2) is 11.4 Å². The number of amides is 1. The van der Waals surface area contributed by atoms with Gasteiger partial charge in [-0.15, -0.1) is 5.10 Å². The third-order valence-electron chi connectivity index (χ3n) is 3.92. The number of ether oxygens (including phenoxy) is 1. The molecule has 1 aromatic heterocycles. The monoisotopic (exact) mass is 320 g/mol. The number of aromatic nitrogens is 3. The number of carbonyl (C=O) groups excluding carboxylic acids is 1. The molecule has 0 saturated carbocycles. The van der Waals surface area contributed by atoms with Crippen molar-refractivity contribution >= 4 is 5.91 Å². The maximum Gasteiger partial charge on any atom is 0.276 e. The Kier molecular flexibility index (Phi) is 3.99. The van der Waals surface area contributed by atoms with Crippen molar-refractivity contribution < 1.29 is 19.0 Å². The molecule has 2 aromatic rings. The van der Waals surface area contributed by atoms with Gasteiger partial charge >= 0.3 is 0 Å². The number of hydrogen-bond acceptors (Lipinski definition) is 5. The van der Waals surface area contributed by atoms with Gasteiger partial charge in [-0.1, -0.05) is 5.21 Å². The van der Waals surface area contributed by atoms with Crippen LogP contribution in [0, 0.1) is 0 Å². The Morgan fingerprint density at radius 1 is 1.43 bits per heavy atom. The minimum absolute atomic E-state index is 0.127. The molecule has 1 amide bonds. The van der Waals surface area contributed by atoms with Crippen molar-refractivity contribution in [3.8, 4) is 11.4 Å². The van der Waals surface area contributed by atoms with E-state index in [4.69, 9.17) is 9.84 Å². The highest BCUT2D eigenvalue weighted by molar-refractivity contribution is 5.92. The lowest BCUT2D eigenvalue weighted by Crippen LogP contribution is -2.35. The van der Waals surface area contributed by atoms with Crippen LogP contribution in [-0.4, -0.2) is 63.4 Å². The van der Waals surface area contributed by atoms with E-state index in [0.717, 1.165) is 5.69 Å². The number of carbonyl (C=O) groups is 1. The lowest BCUT2D eigenvalue weighted by Gasteiger charge is -2.17. The molecule has 1 N–H and O–H groups in total. The summed E-state index contributed by atoms with van der Waals surface area (Å²) in [5.41, 5.74) is -0.848. The number of halogens is 1. The molecular formula is C15H17FN4O3. The summed E-state index contributed by atoms with van der Waals surface area (Å²) in [6.45, 7) is -0.460. The molecule has 2 heterocycles. The summed E-state index contributed by atoms with van der Waals surface area (Å²) in [4.78, 5) is 13.7. The number of benzene rings is 1. The lowest BCUT2D eigenvalue weighted by molar-refractivity contribution is 0.0627. The molecule has 0 bridgehead atoms. The molecule has 0 aliphatic carbocycles. The Balaban J connectivity index is 1.75. The van der Waals surface area contributed by atoms with Gasteiger partial charge in [0.25, 0.3) is 5.91 Å². The van der Waals surface area contributed by atoms with Crippen molar-refractivity contribution in [1.82, 2.24) is 19.9 Å². The Bertz CT molecular complexity index is 703. The minimum atomic E-state index is -1.72. The summed E-state index contributed by atoms with van der Waals surface area (Å²) in [6.07, 6.45) is 1.63. The van der Waals surface area contributed by atoms with Gasteiger partial charge in [0.2, 0.25) is 0 Å². The van der Waals surface area contributed by atoms with Gasteiger partial charge in [0, 0.05) is 13.0 Å². The maximum atomic E-state index is 14.0. The Morgan fingerprint density at radius 3 is 2.78 bits per heavy atom. The third kappa shape index (κ3) is 3.02. The van der Waals surface area contributed by atoms with Crippen LogP contribution in [0.3, 0.4) is 0 Å². The number of methoxy groups -OCH3 is 1. The largest absolute Gasteiger partial charge is 0.497 e. The highest BCUT2D eigenvalue weighted by Gasteiger charge is 2.40. The van der Waals surface area contributed by atoms with Crippen molar-refractivity contribution in [3.63, 3.8) is 0 Å². The van der Waals surface area contributed by atoms with Crippen LogP contribution in [0.25, 0.3) is 5.69 Å². The second kappa shape index (κ2) is 5.96. The Hall–Kier alpha value is -2.48. The summed E-state index contributed by atoms with van der Waals surface area (Å²) in [6, 6.07) is 7.13. The van der Waals surface area contributed by atoms with Gasteiger partial charge in [-0.05, 0) is 24.3 Å². The van der Waals surface area contributed by atoms with E-state index >= 15 is 0 Å². The summed E-state index contributed by atoms with van der Waals surface area (Å²) in [5.74, 6) is 0.322. The van der Waals surface area contributed by atoms with Gasteiger partial charge in [0.05, 0.1) is 32.1 Å². The molecule has 1 aliphatic heterocycles. The highest BCUT2D eigenvalue weighted by Crippen LogP contribution is 2.26. The van der Waals surface area contributed by atoms with Crippen molar-refractivity contribution in [1.29, 1.82) is 0 Å². The fourth-order valence-electron chi connectivity index (χ4n) is 2.52. The van der Waals surface area contributed by atoms with E-state index in [1.54, 1.807) is 31.4 Å². The Labute approximate surface area is 132 Å². The number of likely N-dealkylation sites (tertiary alicyclic amines) is 1. The standard InChI is InChI=1S/C15H17FN4O3/c1-23-12-4-2-11(3-5-12)20-8-13(17-18-20)14(22)19-7-6-15(16,9-19)10-21/h2-5,8,21H,6-7,9-10H2,1H3. The molecule has 3 rings (SSSR count). The number of aliphatic hydroxyl groups is 1. The third-order valence-corrected chi connectivity index (χ3v) is 3.92. The van der Waals surface area contributed by atoms with E-state index < -0.39 is 18.2 Å². The fraction of sp³-hybridized carbons (Fsp3) is 0.400. The van der Waals surface area contributed by atoms with E-state index in [9.17, 15) is 9.18 Å². The number of hydrogen-bond donors (Lipinski definition) is 1. The zero-order valence-corrected chi connectivity index (χ0v) is 12.6. The maximum absolute atomic E-state index is 14.0. The Morgan fingerprint density at radius 2 is 2.17 bits per heavy atom. The summed E-state index contributed by atoms with van der Waals surface area (Å²) < 4.78 is 20.6. The first kappa shape index (κ1) is 15.4. The van der Waals surface area contributed by atoms with Crippen LogP contribution in [0.1, 0.15) is 16.9 Å². The minimum Gasteiger partial charge on any atom is -0.497 e. The molecule has 122 valence electrons. The summed E-state index contributed by atoms with van der Waals surface area (Å²) >= 11 is 0. The molecule has 0 spiro atoms. The predicted octanol–water partition coefficient (Wildman–Crippen LogP) is 0.822. The normalized spacial score (nSPS) is 20.7. The van der Waals surface area contributed by atoms with Gasteiger partial charge < -0.3 is 14.7 Å². The van der Waals surface area contributed by atoms with Crippen LogP contribution < -0.4 is 4.74 Å². The van der Waals surface area contributed by atoms with E-state index in [0.29, 0.717) is 5.75 Å². The lowest BCUT2D eigenvalue weighted by atomic mass is 10.1. The first-order valence-corrected chi connectivity index (χ1v) is 7.20. The molecule has 1 unspecified atom stereocenters.